The number of carbonyl (C=O) groups is 3. The summed E-state index contributed by atoms with van der Waals surface area (Å²) in [7, 11) is 0. The maximum atomic E-state index is 13.7. The van der Waals surface area contributed by atoms with Gasteiger partial charge in [0.15, 0.2) is 5.78 Å². The molecule has 1 aliphatic carbocycles. The molecule has 0 bridgehead atoms. The second-order valence-corrected chi connectivity index (χ2v) is 11.7. The predicted molar refractivity (Wildman–Crippen MR) is 148 cm³/mol. The van der Waals surface area contributed by atoms with Gasteiger partial charge in [-0.15, -0.1) is 0 Å². The van der Waals surface area contributed by atoms with Gasteiger partial charge in [-0.1, -0.05) is 32.4 Å². The Hall–Kier alpha value is -3.81. The number of hydrogen-bond donors (Lipinski definition) is 2. The molecule has 200 valence electrons. The number of piperidine rings is 1. The van der Waals surface area contributed by atoms with E-state index in [9.17, 15) is 14.4 Å². The van der Waals surface area contributed by atoms with Gasteiger partial charge < -0.3 is 15.5 Å². The molecule has 0 radical (unpaired) electrons. The van der Waals surface area contributed by atoms with Crippen molar-refractivity contribution in [1.29, 1.82) is 0 Å². The molecule has 0 unspecified atom stereocenters. The first-order valence-electron chi connectivity index (χ1n) is 13.1. The lowest BCUT2D eigenvalue weighted by atomic mass is 9.85. The summed E-state index contributed by atoms with van der Waals surface area (Å²) in [6.07, 6.45) is 3.45. The molecule has 2 N–H and O–H groups in total. The van der Waals surface area contributed by atoms with Gasteiger partial charge in [-0.2, -0.15) is 10.2 Å². The number of rotatable bonds is 4. The van der Waals surface area contributed by atoms with Gasteiger partial charge in [0.1, 0.15) is 0 Å². The molecule has 2 heterocycles. The largest absolute Gasteiger partial charge is 0.326 e. The molecule has 2 aromatic rings. The number of nitrogens with one attached hydrogen (secondary N) is 2. The fourth-order valence-electron chi connectivity index (χ4n) is 4.83. The van der Waals surface area contributed by atoms with E-state index in [-0.39, 0.29) is 17.1 Å². The summed E-state index contributed by atoms with van der Waals surface area (Å²) in [5, 5.41) is 14.3. The highest BCUT2D eigenvalue weighted by Crippen LogP contribution is 2.38. The minimum Gasteiger partial charge on any atom is -0.326 e. The Kier molecular flexibility index (Phi) is 7.28. The van der Waals surface area contributed by atoms with Crippen LogP contribution in [0.4, 0.5) is 10.5 Å². The molecule has 1 aromatic carbocycles. The van der Waals surface area contributed by atoms with Crippen LogP contribution in [0.1, 0.15) is 65.1 Å². The van der Waals surface area contributed by atoms with E-state index in [0.29, 0.717) is 42.8 Å². The SMILES string of the molecule is Cc1ccc(-c2cc(NC(=O)NC3=C(C(=O)N4CCCC(=O)C4(C)C)C=C(C(C)(C)C)C3)ccc2C)nn1. The molecule has 0 spiro atoms. The van der Waals surface area contributed by atoms with Gasteiger partial charge in [0.25, 0.3) is 5.91 Å². The topological polar surface area (TPSA) is 104 Å². The Bertz CT molecular complexity index is 1350. The number of hydrogen-bond acceptors (Lipinski definition) is 5. The van der Waals surface area contributed by atoms with Gasteiger partial charge in [-0.05, 0) is 75.4 Å². The van der Waals surface area contributed by atoms with Crippen LogP contribution in [0.15, 0.2) is 53.3 Å². The lowest BCUT2D eigenvalue weighted by Gasteiger charge is -2.41. The molecule has 1 aliphatic heterocycles. The summed E-state index contributed by atoms with van der Waals surface area (Å²) in [4.78, 5) is 41.1. The van der Waals surface area contributed by atoms with Crippen molar-refractivity contribution in [2.24, 2.45) is 5.41 Å². The minimum atomic E-state index is -0.884. The molecule has 1 fully saturated rings. The zero-order valence-corrected chi connectivity index (χ0v) is 23.4. The number of nitrogens with zero attached hydrogens (tertiary/aromatic N) is 3. The van der Waals surface area contributed by atoms with Crippen LogP contribution in [0.25, 0.3) is 11.3 Å². The van der Waals surface area contributed by atoms with Crippen LogP contribution >= 0.6 is 0 Å². The summed E-state index contributed by atoms with van der Waals surface area (Å²) in [5.41, 5.74) is 5.01. The molecule has 38 heavy (non-hydrogen) atoms. The number of allylic oxidation sites excluding steroid dienone is 1. The number of likely N-dealkylation sites (tertiary alicyclic amines) is 1. The van der Waals surface area contributed by atoms with Gasteiger partial charge >= 0.3 is 6.03 Å². The standard InChI is InChI=1S/C30H37N5O3/c1-18-10-12-21(17-22(18)24-13-11-19(2)33-34-24)31-28(38)32-25-16-20(29(3,4)5)15-23(25)27(37)35-14-8-9-26(36)30(35,6)7/h10-13,15,17H,8-9,14,16H2,1-7H3,(H2,31,32,38). The lowest BCUT2D eigenvalue weighted by Crippen LogP contribution is -2.56. The van der Waals surface area contributed by atoms with E-state index >= 15 is 0 Å². The van der Waals surface area contributed by atoms with Crippen LogP contribution in [0.2, 0.25) is 0 Å². The monoisotopic (exact) mass is 515 g/mol. The molecule has 0 atom stereocenters. The highest BCUT2D eigenvalue weighted by atomic mass is 16.2. The van der Waals surface area contributed by atoms with Crippen LogP contribution < -0.4 is 10.6 Å². The fourth-order valence-corrected chi connectivity index (χ4v) is 4.83. The number of ketones is 1. The molecular formula is C30H37N5O3. The van der Waals surface area contributed by atoms with Crippen molar-refractivity contribution in [3.8, 4) is 11.3 Å². The van der Waals surface area contributed by atoms with Gasteiger partial charge in [-0.3, -0.25) is 9.59 Å². The Balaban J connectivity index is 1.58. The smallest absolute Gasteiger partial charge is 0.323 e. The van der Waals surface area contributed by atoms with E-state index in [2.05, 4.69) is 41.6 Å². The Morgan fingerprint density at radius 1 is 1.03 bits per heavy atom. The first kappa shape index (κ1) is 27.2. The summed E-state index contributed by atoms with van der Waals surface area (Å²) in [5.74, 6) is -0.176. The van der Waals surface area contributed by atoms with E-state index < -0.39 is 11.6 Å². The van der Waals surface area contributed by atoms with Crippen molar-refractivity contribution in [2.75, 3.05) is 11.9 Å². The molecule has 8 nitrogen and oxygen atoms in total. The Labute approximate surface area is 224 Å². The fraction of sp³-hybridized carbons (Fsp3) is 0.433. The predicted octanol–water partition coefficient (Wildman–Crippen LogP) is 5.48. The maximum absolute atomic E-state index is 13.7. The number of amides is 3. The first-order valence-corrected chi connectivity index (χ1v) is 13.1. The number of aryl methyl sites for hydroxylation is 2. The second-order valence-electron chi connectivity index (χ2n) is 11.7. The van der Waals surface area contributed by atoms with Gasteiger partial charge in [0, 0.05) is 36.3 Å². The normalized spacial score (nSPS) is 17.4. The van der Waals surface area contributed by atoms with E-state index in [1.807, 2.05) is 50.3 Å². The number of Topliss-reactive ketones (excluding diaryl/α,β-unsaturated/α-hetero) is 1. The number of carbonyl (C=O) groups excluding carboxylic acids is 3. The van der Waals surface area contributed by atoms with Crippen LogP contribution in [-0.4, -0.2) is 44.9 Å². The van der Waals surface area contributed by atoms with Crippen LogP contribution in [0, 0.1) is 19.3 Å². The first-order chi connectivity index (χ1) is 17.8. The van der Waals surface area contributed by atoms with Crippen LogP contribution in [-0.2, 0) is 9.59 Å². The third-order valence-corrected chi connectivity index (χ3v) is 7.43. The molecule has 2 aliphatic rings. The van der Waals surface area contributed by atoms with Gasteiger partial charge in [0.2, 0.25) is 0 Å². The van der Waals surface area contributed by atoms with Crippen molar-refractivity contribution >= 4 is 23.4 Å². The molecule has 3 amide bonds. The average Bonchev–Trinajstić information content (AvgIpc) is 3.26. The summed E-state index contributed by atoms with van der Waals surface area (Å²) in [6, 6.07) is 8.98. The zero-order chi connectivity index (χ0) is 27.8. The highest BCUT2D eigenvalue weighted by Gasteiger charge is 2.42. The zero-order valence-electron chi connectivity index (χ0n) is 23.4. The molecule has 1 aromatic heterocycles. The quantitative estimate of drug-likeness (QED) is 0.561. The van der Waals surface area contributed by atoms with Crippen molar-refractivity contribution in [1.82, 2.24) is 20.4 Å². The van der Waals surface area contributed by atoms with Crippen molar-refractivity contribution in [3.05, 3.63) is 64.5 Å². The molecule has 4 rings (SSSR count). The number of aromatic nitrogens is 2. The summed E-state index contributed by atoms with van der Waals surface area (Å²) < 4.78 is 0. The number of anilines is 1. The molecule has 0 saturated carbocycles. The Morgan fingerprint density at radius 2 is 1.76 bits per heavy atom. The lowest BCUT2D eigenvalue weighted by molar-refractivity contribution is -0.145. The summed E-state index contributed by atoms with van der Waals surface area (Å²) in [6.45, 7) is 14.2. The van der Waals surface area contributed by atoms with E-state index in [0.717, 1.165) is 28.1 Å². The van der Waals surface area contributed by atoms with Crippen molar-refractivity contribution < 1.29 is 14.4 Å². The van der Waals surface area contributed by atoms with E-state index in [1.165, 1.54) is 0 Å². The van der Waals surface area contributed by atoms with Crippen LogP contribution in [0.5, 0.6) is 0 Å². The number of benzene rings is 1. The molecule has 8 heteroatoms. The number of urea groups is 1. The third kappa shape index (κ3) is 5.54. The molecule has 1 saturated heterocycles. The van der Waals surface area contributed by atoms with Gasteiger partial charge in [0.05, 0.1) is 22.5 Å². The maximum Gasteiger partial charge on any atom is 0.323 e. The summed E-state index contributed by atoms with van der Waals surface area (Å²) >= 11 is 0. The van der Waals surface area contributed by atoms with Crippen LogP contribution in [0.3, 0.4) is 0 Å². The van der Waals surface area contributed by atoms with Crippen molar-refractivity contribution in [2.45, 2.75) is 73.3 Å². The second kappa shape index (κ2) is 10.2. The van der Waals surface area contributed by atoms with Gasteiger partial charge in [-0.25, -0.2) is 4.79 Å². The van der Waals surface area contributed by atoms with E-state index in [1.54, 1.807) is 18.7 Å². The van der Waals surface area contributed by atoms with Crippen molar-refractivity contribution in [3.63, 3.8) is 0 Å². The van der Waals surface area contributed by atoms with E-state index in [4.69, 9.17) is 0 Å². The Morgan fingerprint density at radius 3 is 2.42 bits per heavy atom. The minimum absolute atomic E-state index is 0.0522. The highest BCUT2D eigenvalue weighted by molar-refractivity contribution is 6.03. The third-order valence-electron chi connectivity index (χ3n) is 7.43. The average molecular weight is 516 g/mol. The molecular weight excluding hydrogens is 478 g/mol.